The van der Waals surface area contributed by atoms with E-state index in [4.69, 9.17) is 4.74 Å². The molecular formula is C60H119NO5. The van der Waals surface area contributed by atoms with E-state index in [9.17, 15) is 19.8 Å². The van der Waals surface area contributed by atoms with E-state index in [2.05, 4.69) is 26.1 Å². The number of amides is 1. The maximum atomic E-state index is 13.3. The van der Waals surface area contributed by atoms with Crippen LogP contribution in [0, 0.1) is 0 Å². The maximum Gasteiger partial charge on any atom is 0.306 e. The average Bonchev–Trinajstić information content (AvgIpc) is 3.31. The largest absolute Gasteiger partial charge is 0.462 e. The summed E-state index contributed by atoms with van der Waals surface area (Å²) < 4.78 is 5.97. The van der Waals surface area contributed by atoms with E-state index >= 15 is 0 Å². The number of carbonyl (C=O) groups is 2. The molecule has 0 aliphatic heterocycles. The number of rotatable bonds is 56. The SMILES string of the molecule is CCCCCCCCCCCCCCCCCCCCCC(=O)OC(CCCCCCCCCCCCC)CC(=O)NC(CO)C(O)CCCCCCCCCCCCCCCCCCC. The summed E-state index contributed by atoms with van der Waals surface area (Å²) in [5.41, 5.74) is 0. The van der Waals surface area contributed by atoms with Crippen molar-refractivity contribution in [1.82, 2.24) is 5.32 Å². The van der Waals surface area contributed by atoms with Crippen molar-refractivity contribution >= 4 is 11.9 Å². The number of hydrogen-bond donors (Lipinski definition) is 3. The first kappa shape index (κ1) is 64.9. The van der Waals surface area contributed by atoms with Crippen LogP contribution in [0.4, 0.5) is 0 Å². The molecule has 1 amide bonds. The third-order valence-corrected chi connectivity index (χ3v) is 14.4. The number of aliphatic hydroxyl groups excluding tert-OH is 2. The number of aliphatic hydroxyl groups is 2. The Morgan fingerprint density at radius 2 is 0.636 bits per heavy atom. The minimum atomic E-state index is -0.780. The molecule has 3 atom stereocenters. The van der Waals surface area contributed by atoms with Crippen LogP contribution in [0.25, 0.3) is 0 Å². The topological polar surface area (TPSA) is 95.9 Å². The molecule has 0 heterocycles. The van der Waals surface area contributed by atoms with E-state index in [1.165, 1.54) is 263 Å². The molecule has 0 aliphatic rings. The highest BCUT2D eigenvalue weighted by atomic mass is 16.5. The number of carbonyl (C=O) groups excluding carboxylic acids is 2. The predicted octanol–water partition coefficient (Wildman–Crippen LogP) is 18.7. The van der Waals surface area contributed by atoms with Crippen LogP contribution in [0.1, 0.15) is 348 Å². The Morgan fingerprint density at radius 1 is 0.379 bits per heavy atom. The Balaban J connectivity index is 4.36. The highest BCUT2D eigenvalue weighted by Gasteiger charge is 2.24. The highest BCUT2D eigenvalue weighted by Crippen LogP contribution is 2.20. The van der Waals surface area contributed by atoms with Crippen LogP contribution in [-0.2, 0) is 14.3 Å². The molecule has 66 heavy (non-hydrogen) atoms. The zero-order chi connectivity index (χ0) is 48.1. The van der Waals surface area contributed by atoms with E-state index < -0.39 is 18.2 Å². The zero-order valence-electron chi connectivity index (χ0n) is 45.1. The van der Waals surface area contributed by atoms with Gasteiger partial charge >= 0.3 is 5.97 Å². The van der Waals surface area contributed by atoms with Crippen LogP contribution in [0.3, 0.4) is 0 Å². The van der Waals surface area contributed by atoms with Crippen LogP contribution in [0.15, 0.2) is 0 Å². The molecule has 0 aromatic rings. The van der Waals surface area contributed by atoms with Crippen LogP contribution in [0.2, 0.25) is 0 Å². The van der Waals surface area contributed by atoms with E-state index in [0.29, 0.717) is 19.3 Å². The van der Waals surface area contributed by atoms with Crippen molar-refractivity contribution in [2.45, 2.75) is 366 Å². The fraction of sp³-hybridized carbons (Fsp3) is 0.967. The molecule has 0 spiro atoms. The summed E-state index contributed by atoms with van der Waals surface area (Å²) in [5.74, 6) is -0.444. The molecule has 0 aliphatic carbocycles. The fourth-order valence-electron chi connectivity index (χ4n) is 9.85. The summed E-state index contributed by atoms with van der Waals surface area (Å²) >= 11 is 0. The molecule has 6 heteroatoms. The first-order valence-corrected chi connectivity index (χ1v) is 30.3. The van der Waals surface area contributed by atoms with Gasteiger partial charge in [0.15, 0.2) is 0 Å². The van der Waals surface area contributed by atoms with Crippen LogP contribution >= 0.6 is 0 Å². The standard InChI is InChI=1S/C60H119NO5/c1-4-7-10-13-16-19-22-24-26-28-29-31-33-35-38-41-44-47-50-53-60(65)66-56(51-48-45-42-39-36-21-18-15-12-9-6-3)54-59(64)61-57(55-62)58(63)52-49-46-43-40-37-34-32-30-27-25-23-20-17-14-11-8-5-2/h56-58,62-63H,4-55H2,1-3H3,(H,61,64). The van der Waals surface area contributed by atoms with Gasteiger partial charge in [-0.2, -0.15) is 0 Å². The van der Waals surface area contributed by atoms with E-state index in [1.807, 2.05) is 0 Å². The Morgan fingerprint density at radius 3 is 0.924 bits per heavy atom. The van der Waals surface area contributed by atoms with Crippen LogP contribution < -0.4 is 5.32 Å². The molecule has 3 unspecified atom stereocenters. The number of unbranched alkanes of at least 4 members (excludes halogenated alkanes) is 44. The van der Waals surface area contributed by atoms with Gasteiger partial charge in [-0.1, -0.05) is 310 Å². The van der Waals surface area contributed by atoms with Crippen molar-refractivity contribution in [3.05, 3.63) is 0 Å². The normalized spacial score (nSPS) is 13.0. The molecule has 0 aromatic carbocycles. The van der Waals surface area contributed by atoms with E-state index in [-0.39, 0.29) is 24.9 Å². The quantitative estimate of drug-likeness (QED) is 0.0417. The van der Waals surface area contributed by atoms with Crippen LogP contribution in [0.5, 0.6) is 0 Å². The molecule has 0 rings (SSSR count). The maximum absolute atomic E-state index is 13.3. The number of esters is 1. The minimum absolute atomic E-state index is 0.0883. The Bertz CT molecular complexity index is 959. The second kappa shape index (κ2) is 54.8. The number of ether oxygens (including phenoxy) is 1. The first-order valence-electron chi connectivity index (χ1n) is 30.3. The summed E-state index contributed by atoms with van der Waals surface area (Å²) in [6.45, 7) is 6.54. The van der Waals surface area contributed by atoms with Crippen molar-refractivity contribution in [2.24, 2.45) is 0 Å². The molecule has 394 valence electrons. The van der Waals surface area contributed by atoms with Gasteiger partial charge in [0.1, 0.15) is 6.10 Å². The van der Waals surface area contributed by atoms with Crippen molar-refractivity contribution in [3.8, 4) is 0 Å². The van der Waals surface area contributed by atoms with Gasteiger partial charge in [-0.25, -0.2) is 0 Å². The van der Waals surface area contributed by atoms with Gasteiger partial charge in [0.25, 0.3) is 0 Å². The molecule has 0 radical (unpaired) electrons. The molecule has 3 N–H and O–H groups in total. The monoisotopic (exact) mass is 934 g/mol. The molecular weight excluding hydrogens is 815 g/mol. The Kier molecular flexibility index (Phi) is 53.8. The van der Waals surface area contributed by atoms with Crippen molar-refractivity contribution < 1.29 is 24.5 Å². The molecule has 6 nitrogen and oxygen atoms in total. The van der Waals surface area contributed by atoms with Gasteiger partial charge in [0.05, 0.1) is 25.2 Å². The van der Waals surface area contributed by atoms with Gasteiger partial charge in [-0.05, 0) is 25.7 Å². The highest BCUT2D eigenvalue weighted by molar-refractivity contribution is 5.77. The first-order chi connectivity index (χ1) is 32.5. The van der Waals surface area contributed by atoms with Crippen molar-refractivity contribution in [3.63, 3.8) is 0 Å². The van der Waals surface area contributed by atoms with Gasteiger partial charge in [0, 0.05) is 6.42 Å². The smallest absolute Gasteiger partial charge is 0.306 e. The summed E-state index contributed by atoms with van der Waals surface area (Å²) in [5, 5.41) is 23.9. The van der Waals surface area contributed by atoms with Gasteiger partial charge in [0.2, 0.25) is 5.91 Å². The number of hydrogen-bond acceptors (Lipinski definition) is 5. The zero-order valence-corrected chi connectivity index (χ0v) is 45.1. The lowest BCUT2D eigenvalue weighted by Gasteiger charge is -2.24. The third-order valence-electron chi connectivity index (χ3n) is 14.4. The van der Waals surface area contributed by atoms with Gasteiger partial charge in [-0.3, -0.25) is 9.59 Å². The molecule has 0 saturated heterocycles. The summed E-state index contributed by atoms with van der Waals surface area (Å²) in [6.07, 6.45) is 61.8. The van der Waals surface area contributed by atoms with Gasteiger partial charge in [-0.15, -0.1) is 0 Å². The van der Waals surface area contributed by atoms with Crippen molar-refractivity contribution in [1.29, 1.82) is 0 Å². The summed E-state index contributed by atoms with van der Waals surface area (Å²) in [4.78, 5) is 26.3. The predicted molar refractivity (Wildman–Crippen MR) is 287 cm³/mol. The van der Waals surface area contributed by atoms with Crippen LogP contribution in [-0.4, -0.2) is 46.9 Å². The average molecular weight is 935 g/mol. The summed E-state index contributed by atoms with van der Waals surface area (Å²) in [6, 6.07) is -0.693. The molecule has 0 fully saturated rings. The fourth-order valence-corrected chi connectivity index (χ4v) is 9.85. The van der Waals surface area contributed by atoms with Crippen molar-refractivity contribution in [2.75, 3.05) is 6.61 Å². The van der Waals surface area contributed by atoms with Gasteiger partial charge < -0.3 is 20.3 Å². The lowest BCUT2D eigenvalue weighted by Crippen LogP contribution is -2.46. The second-order valence-electron chi connectivity index (χ2n) is 21.1. The summed E-state index contributed by atoms with van der Waals surface area (Å²) in [7, 11) is 0. The van der Waals surface area contributed by atoms with E-state index in [1.54, 1.807) is 0 Å². The number of nitrogens with one attached hydrogen (secondary N) is 1. The minimum Gasteiger partial charge on any atom is -0.462 e. The lowest BCUT2D eigenvalue weighted by molar-refractivity contribution is -0.151. The lowest BCUT2D eigenvalue weighted by atomic mass is 10.0. The molecule has 0 saturated carbocycles. The Hall–Kier alpha value is -1.14. The molecule has 0 bridgehead atoms. The molecule has 0 aromatic heterocycles. The second-order valence-corrected chi connectivity index (χ2v) is 21.1. The Labute approximate surface area is 413 Å². The third kappa shape index (κ3) is 49.3. The van der Waals surface area contributed by atoms with E-state index in [0.717, 1.165) is 38.5 Å².